The Hall–Kier alpha value is -3.84. The van der Waals surface area contributed by atoms with Gasteiger partial charge in [0, 0.05) is 21.5 Å². The second kappa shape index (κ2) is 6.34. The van der Waals surface area contributed by atoms with Crippen molar-refractivity contribution in [1.82, 2.24) is 4.40 Å². The van der Waals surface area contributed by atoms with Crippen LogP contribution in [0.15, 0.2) is 97.1 Å². The topological polar surface area (TPSA) is 4.41 Å². The molecule has 0 aliphatic heterocycles. The molecule has 7 rings (SSSR count). The van der Waals surface area contributed by atoms with Gasteiger partial charge >= 0.3 is 0 Å². The lowest BCUT2D eigenvalue weighted by Crippen LogP contribution is -1.87. The van der Waals surface area contributed by atoms with E-state index in [1.807, 2.05) is 0 Å². The molecule has 32 heavy (non-hydrogen) atoms. The van der Waals surface area contributed by atoms with Crippen molar-refractivity contribution < 1.29 is 0 Å². The number of benzene rings is 5. The number of fused-ring (bicyclic) bond motifs is 7. The molecule has 2 aromatic heterocycles. The lowest BCUT2D eigenvalue weighted by atomic mass is 9.96. The molecule has 0 N–H and O–H groups in total. The highest BCUT2D eigenvalue weighted by molar-refractivity contribution is 6.25. The second-order valence-electron chi connectivity index (χ2n) is 9.27. The third-order valence-electron chi connectivity index (χ3n) is 7.07. The average molecular weight is 410 g/mol. The Morgan fingerprint density at radius 2 is 1.19 bits per heavy atom. The highest BCUT2D eigenvalue weighted by Crippen LogP contribution is 2.42. The van der Waals surface area contributed by atoms with Crippen molar-refractivity contribution in [2.75, 3.05) is 0 Å². The summed E-state index contributed by atoms with van der Waals surface area (Å²) in [4.78, 5) is 0. The first-order valence-corrected chi connectivity index (χ1v) is 11.4. The number of hydrogen-bond acceptors (Lipinski definition) is 0. The predicted octanol–water partition coefficient (Wildman–Crippen LogP) is 8.78. The third-order valence-corrected chi connectivity index (χ3v) is 7.07. The minimum absolute atomic E-state index is 0.544. The summed E-state index contributed by atoms with van der Waals surface area (Å²) in [5.74, 6) is 0.544. The van der Waals surface area contributed by atoms with Gasteiger partial charge in [0.2, 0.25) is 0 Å². The van der Waals surface area contributed by atoms with Crippen LogP contribution in [0.1, 0.15) is 25.3 Å². The van der Waals surface area contributed by atoms with Gasteiger partial charge in [-0.2, -0.15) is 0 Å². The number of hydrogen-bond donors (Lipinski definition) is 0. The summed E-state index contributed by atoms with van der Waals surface area (Å²) < 4.78 is 2.47. The minimum atomic E-state index is 0.544. The van der Waals surface area contributed by atoms with Crippen LogP contribution in [0.5, 0.6) is 0 Å². The smallest absolute Gasteiger partial charge is 0.0620 e. The SMILES string of the molecule is CC(C)c1ccc(-c2cc3c4ccccc4n4c5cc6ccccc6cc5c(c2)c34)cc1. The van der Waals surface area contributed by atoms with Gasteiger partial charge in [-0.15, -0.1) is 0 Å². The maximum Gasteiger partial charge on any atom is 0.0620 e. The molecule has 0 fully saturated rings. The van der Waals surface area contributed by atoms with Crippen LogP contribution in [0.2, 0.25) is 0 Å². The molecule has 0 bridgehead atoms. The molecule has 0 unspecified atom stereocenters. The van der Waals surface area contributed by atoms with Crippen LogP contribution in [-0.2, 0) is 0 Å². The van der Waals surface area contributed by atoms with Gasteiger partial charge in [0.15, 0.2) is 0 Å². The van der Waals surface area contributed by atoms with E-state index in [0.717, 1.165) is 0 Å². The fraction of sp³-hybridized carbons (Fsp3) is 0.0968. The third kappa shape index (κ3) is 2.34. The Morgan fingerprint density at radius 3 is 1.94 bits per heavy atom. The van der Waals surface area contributed by atoms with Crippen LogP contribution in [-0.4, -0.2) is 4.40 Å². The maximum atomic E-state index is 2.47. The Bertz CT molecular complexity index is 1780. The quantitative estimate of drug-likeness (QED) is 0.269. The summed E-state index contributed by atoms with van der Waals surface area (Å²) in [6.07, 6.45) is 0. The van der Waals surface area contributed by atoms with Crippen molar-refractivity contribution in [1.29, 1.82) is 0 Å². The monoisotopic (exact) mass is 409 g/mol. The molecular formula is C31H23N. The number of rotatable bonds is 2. The summed E-state index contributed by atoms with van der Waals surface area (Å²) >= 11 is 0. The molecule has 1 heteroatoms. The summed E-state index contributed by atoms with van der Waals surface area (Å²) in [5.41, 5.74) is 7.85. The highest BCUT2D eigenvalue weighted by atomic mass is 14.9. The van der Waals surface area contributed by atoms with Crippen LogP contribution < -0.4 is 0 Å². The number of para-hydroxylation sites is 1. The van der Waals surface area contributed by atoms with Crippen LogP contribution in [0.4, 0.5) is 0 Å². The number of aromatic nitrogens is 1. The van der Waals surface area contributed by atoms with Gasteiger partial charge in [0.1, 0.15) is 0 Å². The van der Waals surface area contributed by atoms with Crippen molar-refractivity contribution in [3.8, 4) is 11.1 Å². The van der Waals surface area contributed by atoms with Gasteiger partial charge in [-0.3, -0.25) is 0 Å². The van der Waals surface area contributed by atoms with Gasteiger partial charge in [-0.05, 0) is 63.7 Å². The van der Waals surface area contributed by atoms with E-state index in [4.69, 9.17) is 0 Å². The first-order chi connectivity index (χ1) is 15.7. The molecule has 0 aliphatic rings. The Morgan fingerprint density at radius 1 is 0.531 bits per heavy atom. The van der Waals surface area contributed by atoms with E-state index in [1.54, 1.807) is 0 Å². The van der Waals surface area contributed by atoms with Gasteiger partial charge in [0.05, 0.1) is 16.6 Å². The zero-order chi connectivity index (χ0) is 21.4. The molecule has 0 aliphatic carbocycles. The van der Waals surface area contributed by atoms with Crippen molar-refractivity contribution in [3.63, 3.8) is 0 Å². The molecule has 5 aromatic carbocycles. The number of nitrogens with zero attached hydrogens (tertiary/aromatic N) is 1. The summed E-state index contributed by atoms with van der Waals surface area (Å²) in [7, 11) is 0. The first kappa shape index (κ1) is 17.8. The van der Waals surface area contributed by atoms with Gasteiger partial charge in [0.25, 0.3) is 0 Å². The highest BCUT2D eigenvalue weighted by Gasteiger charge is 2.19. The van der Waals surface area contributed by atoms with Gasteiger partial charge in [-0.25, -0.2) is 0 Å². The van der Waals surface area contributed by atoms with Crippen molar-refractivity contribution >= 4 is 48.9 Å². The van der Waals surface area contributed by atoms with Crippen LogP contribution in [0.25, 0.3) is 60.0 Å². The summed E-state index contributed by atoms with van der Waals surface area (Å²) in [6, 6.07) is 36.1. The molecule has 0 saturated carbocycles. The van der Waals surface area contributed by atoms with E-state index in [1.165, 1.54) is 65.6 Å². The molecule has 0 amide bonds. The van der Waals surface area contributed by atoms with E-state index in [9.17, 15) is 0 Å². The zero-order valence-corrected chi connectivity index (χ0v) is 18.3. The van der Waals surface area contributed by atoms with E-state index < -0.39 is 0 Å². The maximum absolute atomic E-state index is 2.47. The average Bonchev–Trinajstić information content (AvgIpc) is 3.33. The van der Waals surface area contributed by atoms with Crippen LogP contribution >= 0.6 is 0 Å². The normalized spacial score (nSPS) is 12.3. The van der Waals surface area contributed by atoms with Gasteiger partial charge < -0.3 is 4.40 Å². The Kier molecular flexibility index (Phi) is 3.52. The molecule has 7 aromatic rings. The molecule has 0 saturated heterocycles. The lowest BCUT2D eigenvalue weighted by Gasteiger charge is -2.08. The van der Waals surface area contributed by atoms with E-state index >= 15 is 0 Å². The van der Waals surface area contributed by atoms with E-state index in [2.05, 4.69) is 115 Å². The van der Waals surface area contributed by atoms with Gasteiger partial charge in [-0.1, -0.05) is 80.6 Å². The van der Waals surface area contributed by atoms with Crippen molar-refractivity contribution in [2.24, 2.45) is 0 Å². The Balaban J connectivity index is 1.64. The van der Waals surface area contributed by atoms with E-state index in [-0.39, 0.29) is 0 Å². The van der Waals surface area contributed by atoms with E-state index in [0.29, 0.717) is 5.92 Å². The van der Waals surface area contributed by atoms with Crippen molar-refractivity contribution in [3.05, 3.63) is 103 Å². The molecule has 0 atom stereocenters. The molecular weight excluding hydrogens is 386 g/mol. The fourth-order valence-electron chi connectivity index (χ4n) is 5.41. The molecule has 152 valence electrons. The zero-order valence-electron chi connectivity index (χ0n) is 18.3. The Labute approximate surface area is 186 Å². The second-order valence-corrected chi connectivity index (χ2v) is 9.27. The minimum Gasteiger partial charge on any atom is -0.308 e. The molecule has 0 radical (unpaired) electrons. The largest absolute Gasteiger partial charge is 0.308 e. The summed E-state index contributed by atoms with van der Waals surface area (Å²) in [5, 5.41) is 7.90. The van der Waals surface area contributed by atoms with Crippen LogP contribution in [0.3, 0.4) is 0 Å². The standard InChI is InChI=1S/C31H23N/c1-19(2)20-11-13-21(14-12-20)24-16-27-25-9-5-6-10-29(25)32-30-18-23-8-4-3-7-22(23)15-26(30)28(17-24)31(27)32/h3-19H,1-2H3. The first-order valence-electron chi connectivity index (χ1n) is 11.4. The predicted molar refractivity (Wildman–Crippen MR) is 138 cm³/mol. The molecule has 0 spiro atoms. The summed E-state index contributed by atoms with van der Waals surface area (Å²) in [6.45, 7) is 4.50. The van der Waals surface area contributed by atoms with Crippen molar-refractivity contribution in [2.45, 2.75) is 19.8 Å². The fourth-order valence-corrected chi connectivity index (χ4v) is 5.41. The lowest BCUT2D eigenvalue weighted by molar-refractivity contribution is 0.867. The molecule has 2 heterocycles. The van der Waals surface area contributed by atoms with Crippen LogP contribution in [0, 0.1) is 0 Å². The molecule has 1 nitrogen and oxygen atoms in total.